The summed E-state index contributed by atoms with van der Waals surface area (Å²) in [6.45, 7) is 1.18. The molecule has 176 valence electrons. The number of rotatable bonds is 8. The zero-order chi connectivity index (χ0) is 24.5. The van der Waals surface area contributed by atoms with Gasteiger partial charge >= 0.3 is 5.97 Å². The molecule has 0 saturated heterocycles. The standard InChI is InChI=1S/C13H10O.C7H8ClN.C6H14N2O2/c14-10-11-6-8-13(9-7-11)12-4-2-1-3-5-12;8-7-3-1-6(5-9)2-4-7;7-4-2-1-3-5(8)6(9)10/h1-10H;1-4H,5,9H2;5H,1-4,7-8H2,(H,9,10)/t;;5-/m..0/s1. The van der Waals surface area contributed by atoms with Gasteiger partial charge in [0.1, 0.15) is 12.3 Å². The number of hydrogen-bond donors (Lipinski definition) is 4. The lowest BCUT2D eigenvalue weighted by Gasteiger charge is -2.03. The molecule has 0 aromatic heterocycles. The van der Waals surface area contributed by atoms with Crippen LogP contribution >= 0.6 is 11.6 Å². The number of hydrogen-bond acceptors (Lipinski definition) is 5. The second-order valence-electron chi connectivity index (χ2n) is 7.17. The number of nitrogens with two attached hydrogens (primary N) is 3. The number of benzene rings is 3. The fourth-order valence-electron chi connectivity index (χ4n) is 2.64. The molecule has 3 aromatic carbocycles. The van der Waals surface area contributed by atoms with Crippen LogP contribution in [0.2, 0.25) is 5.02 Å². The van der Waals surface area contributed by atoms with Gasteiger partial charge in [-0.1, -0.05) is 84.8 Å². The van der Waals surface area contributed by atoms with Gasteiger partial charge in [-0.15, -0.1) is 0 Å². The Bertz CT molecular complexity index is 933. The Labute approximate surface area is 200 Å². The minimum atomic E-state index is -0.933. The zero-order valence-corrected chi connectivity index (χ0v) is 19.3. The van der Waals surface area contributed by atoms with Crippen molar-refractivity contribution in [3.8, 4) is 11.1 Å². The largest absolute Gasteiger partial charge is 0.480 e. The van der Waals surface area contributed by atoms with Crippen molar-refractivity contribution in [3.05, 3.63) is 95.0 Å². The molecule has 0 amide bonds. The highest BCUT2D eigenvalue weighted by atomic mass is 35.5. The summed E-state index contributed by atoms with van der Waals surface area (Å²) in [4.78, 5) is 20.6. The van der Waals surface area contributed by atoms with Crippen LogP contribution in [0.1, 0.15) is 35.2 Å². The fraction of sp³-hybridized carbons (Fsp3) is 0.231. The predicted molar refractivity (Wildman–Crippen MR) is 135 cm³/mol. The van der Waals surface area contributed by atoms with Crippen molar-refractivity contribution >= 4 is 23.9 Å². The van der Waals surface area contributed by atoms with Crippen molar-refractivity contribution in [2.24, 2.45) is 17.2 Å². The van der Waals surface area contributed by atoms with Crippen LogP contribution in [0.5, 0.6) is 0 Å². The third-order valence-electron chi connectivity index (χ3n) is 4.59. The van der Waals surface area contributed by atoms with E-state index in [2.05, 4.69) is 12.1 Å². The molecule has 0 radical (unpaired) electrons. The van der Waals surface area contributed by atoms with Crippen LogP contribution in [0, 0.1) is 0 Å². The van der Waals surface area contributed by atoms with Crippen molar-refractivity contribution in [2.75, 3.05) is 6.54 Å². The van der Waals surface area contributed by atoms with Crippen molar-refractivity contribution in [1.29, 1.82) is 0 Å². The van der Waals surface area contributed by atoms with Crippen LogP contribution in [0.3, 0.4) is 0 Å². The van der Waals surface area contributed by atoms with E-state index < -0.39 is 12.0 Å². The molecule has 0 aliphatic heterocycles. The number of aliphatic carboxylic acids is 1. The van der Waals surface area contributed by atoms with Crippen LogP contribution in [0.15, 0.2) is 78.9 Å². The second-order valence-corrected chi connectivity index (χ2v) is 7.60. The number of aldehydes is 1. The Morgan fingerprint density at radius 1 is 0.879 bits per heavy atom. The Morgan fingerprint density at radius 3 is 1.94 bits per heavy atom. The van der Waals surface area contributed by atoms with Crippen molar-refractivity contribution in [1.82, 2.24) is 0 Å². The van der Waals surface area contributed by atoms with Crippen LogP contribution in [-0.2, 0) is 11.3 Å². The van der Waals surface area contributed by atoms with Crippen LogP contribution in [0.25, 0.3) is 11.1 Å². The van der Waals surface area contributed by atoms with E-state index in [1.165, 1.54) is 5.56 Å². The average molecular weight is 470 g/mol. The van der Waals surface area contributed by atoms with Gasteiger partial charge in [0.25, 0.3) is 0 Å². The van der Waals surface area contributed by atoms with E-state index >= 15 is 0 Å². The summed E-state index contributed by atoms with van der Waals surface area (Å²) in [5, 5.41) is 9.08. The molecule has 7 N–H and O–H groups in total. The number of carboxylic acid groups (broad SMARTS) is 1. The average Bonchev–Trinajstić information content (AvgIpc) is 2.86. The predicted octanol–water partition coefficient (Wildman–Crippen LogP) is 4.49. The molecule has 7 heteroatoms. The van der Waals surface area contributed by atoms with Crippen LogP contribution < -0.4 is 17.2 Å². The summed E-state index contributed by atoms with van der Waals surface area (Å²) in [6, 6.07) is 24.5. The van der Waals surface area contributed by atoms with E-state index in [1.54, 1.807) is 0 Å². The second kappa shape index (κ2) is 16.6. The molecule has 0 spiro atoms. The molecule has 0 fully saturated rings. The number of unbranched alkanes of at least 4 members (excludes halogenated alkanes) is 1. The summed E-state index contributed by atoms with van der Waals surface area (Å²) in [5.74, 6) is -0.933. The van der Waals surface area contributed by atoms with Gasteiger partial charge in [0, 0.05) is 17.1 Å². The molecular formula is C26H32ClN3O3. The highest BCUT2D eigenvalue weighted by Crippen LogP contribution is 2.18. The molecule has 0 bridgehead atoms. The lowest BCUT2D eigenvalue weighted by Crippen LogP contribution is -2.29. The normalized spacial score (nSPS) is 10.7. The number of carboxylic acids is 1. The first-order chi connectivity index (χ1) is 15.9. The molecule has 33 heavy (non-hydrogen) atoms. The van der Waals surface area contributed by atoms with Crippen molar-refractivity contribution in [2.45, 2.75) is 31.8 Å². The van der Waals surface area contributed by atoms with Gasteiger partial charge in [-0.3, -0.25) is 9.59 Å². The Hall–Kier alpha value is -3.03. The van der Waals surface area contributed by atoms with Gasteiger partial charge < -0.3 is 22.3 Å². The summed E-state index contributed by atoms with van der Waals surface area (Å²) in [6.07, 6.45) is 3.02. The number of carbonyl (C=O) groups is 2. The van der Waals surface area contributed by atoms with E-state index in [4.69, 9.17) is 33.9 Å². The first kappa shape index (κ1) is 28.0. The minimum absolute atomic E-state index is 0.520. The minimum Gasteiger partial charge on any atom is -0.480 e. The van der Waals surface area contributed by atoms with E-state index in [-0.39, 0.29) is 0 Å². The fourth-order valence-corrected chi connectivity index (χ4v) is 2.76. The highest BCUT2D eigenvalue weighted by molar-refractivity contribution is 6.30. The SMILES string of the molecule is NCCCC[C@H](N)C(=O)O.NCc1ccc(Cl)cc1.O=Cc1ccc(-c2ccccc2)cc1. The highest BCUT2D eigenvalue weighted by Gasteiger charge is 2.09. The number of halogens is 1. The van der Waals surface area contributed by atoms with E-state index in [0.29, 0.717) is 25.1 Å². The first-order valence-corrected chi connectivity index (χ1v) is 11.0. The number of carbonyl (C=O) groups excluding carboxylic acids is 1. The molecule has 0 heterocycles. The van der Waals surface area contributed by atoms with Gasteiger partial charge in [0.15, 0.2) is 0 Å². The van der Waals surface area contributed by atoms with Gasteiger partial charge in [0.2, 0.25) is 0 Å². The molecule has 0 saturated carbocycles. The van der Waals surface area contributed by atoms with E-state index in [9.17, 15) is 9.59 Å². The maximum Gasteiger partial charge on any atom is 0.320 e. The Morgan fingerprint density at radius 2 is 1.45 bits per heavy atom. The zero-order valence-electron chi connectivity index (χ0n) is 18.6. The third-order valence-corrected chi connectivity index (χ3v) is 4.84. The van der Waals surface area contributed by atoms with Gasteiger partial charge in [-0.25, -0.2) is 0 Å². The molecule has 0 aliphatic carbocycles. The lowest BCUT2D eigenvalue weighted by atomic mass is 10.0. The topological polar surface area (TPSA) is 132 Å². The van der Waals surface area contributed by atoms with E-state index in [0.717, 1.165) is 35.3 Å². The van der Waals surface area contributed by atoms with Crippen molar-refractivity contribution in [3.63, 3.8) is 0 Å². The van der Waals surface area contributed by atoms with Crippen LogP contribution in [-0.4, -0.2) is 29.9 Å². The summed E-state index contributed by atoms with van der Waals surface area (Å²) in [7, 11) is 0. The monoisotopic (exact) mass is 469 g/mol. The summed E-state index contributed by atoms with van der Waals surface area (Å²) < 4.78 is 0. The van der Waals surface area contributed by atoms with Gasteiger partial charge in [-0.2, -0.15) is 0 Å². The summed E-state index contributed by atoms with van der Waals surface area (Å²) in [5.41, 5.74) is 19.9. The maximum atomic E-state index is 10.5. The molecule has 0 unspecified atom stereocenters. The van der Waals surface area contributed by atoms with Gasteiger partial charge in [-0.05, 0) is 48.2 Å². The molecule has 0 aliphatic rings. The lowest BCUT2D eigenvalue weighted by molar-refractivity contribution is -0.138. The molecular weight excluding hydrogens is 438 g/mol. The third kappa shape index (κ3) is 12.0. The Kier molecular flexibility index (Phi) is 14.1. The molecule has 1 atom stereocenters. The van der Waals surface area contributed by atoms with Gasteiger partial charge in [0.05, 0.1) is 0 Å². The quantitative estimate of drug-likeness (QED) is 0.283. The maximum absolute atomic E-state index is 10.5. The first-order valence-electron chi connectivity index (χ1n) is 10.6. The smallest absolute Gasteiger partial charge is 0.320 e. The van der Waals surface area contributed by atoms with E-state index in [1.807, 2.05) is 66.7 Å². The molecule has 3 rings (SSSR count). The van der Waals surface area contributed by atoms with Crippen molar-refractivity contribution < 1.29 is 14.7 Å². The summed E-state index contributed by atoms with van der Waals surface area (Å²) >= 11 is 5.63. The Balaban J connectivity index is 0.000000257. The molecule has 6 nitrogen and oxygen atoms in total. The molecule has 3 aromatic rings. The van der Waals surface area contributed by atoms with Crippen LogP contribution in [0.4, 0.5) is 0 Å².